The molecule has 1 saturated heterocycles. The average Bonchev–Trinajstić information content (AvgIpc) is 1.78. The van der Waals surface area contributed by atoms with Crippen LogP contribution in [0.15, 0.2) is 0 Å². The zero-order valence-electron chi connectivity index (χ0n) is 8.76. The van der Waals surface area contributed by atoms with Gasteiger partial charge in [0.25, 0.3) is 0 Å². The first-order chi connectivity index (χ1) is 5.82. The van der Waals surface area contributed by atoms with Gasteiger partial charge in [-0.3, -0.25) is 9.59 Å². The Kier molecular flexibility index (Phi) is 2.46. The van der Waals surface area contributed by atoms with Crippen LogP contribution in [0, 0.1) is 0 Å². The normalized spacial score (nSPS) is 25.2. The molecule has 0 spiro atoms. The van der Waals surface area contributed by atoms with Crippen LogP contribution in [0.1, 0.15) is 40.5 Å². The molecule has 74 valence electrons. The summed E-state index contributed by atoms with van der Waals surface area (Å²) in [4.78, 5) is 24.5. The minimum absolute atomic E-state index is 0.0312. The summed E-state index contributed by atoms with van der Waals surface area (Å²) in [6.07, 6.45) is 0.588. The van der Waals surface area contributed by atoms with E-state index >= 15 is 0 Å². The molecule has 3 nitrogen and oxygen atoms in total. The third kappa shape index (κ3) is 2.08. The van der Waals surface area contributed by atoms with E-state index in [2.05, 4.69) is 0 Å². The maximum absolute atomic E-state index is 11.6. The number of ketones is 1. The predicted molar refractivity (Wildman–Crippen MR) is 50.3 cm³/mol. The lowest BCUT2D eigenvalue weighted by Crippen LogP contribution is -2.54. The van der Waals surface area contributed by atoms with Crippen LogP contribution in [0.2, 0.25) is 0 Å². The fourth-order valence-corrected chi connectivity index (χ4v) is 2.03. The first kappa shape index (κ1) is 10.2. The molecule has 0 aliphatic carbocycles. The molecule has 1 heterocycles. The van der Waals surface area contributed by atoms with Crippen LogP contribution >= 0.6 is 0 Å². The van der Waals surface area contributed by atoms with E-state index in [1.165, 1.54) is 0 Å². The van der Waals surface area contributed by atoms with Gasteiger partial charge in [-0.15, -0.1) is 0 Å². The maximum Gasteiger partial charge on any atom is 0.230 e. The van der Waals surface area contributed by atoms with E-state index in [1.54, 1.807) is 0 Å². The maximum atomic E-state index is 11.6. The van der Waals surface area contributed by atoms with Crippen molar-refractivity contribution in [1.82, 2.24) is 4.90 Å². The van der Waals surface area contributed by atoms with E-state index in [0.717, 1.165) is 0 Å². The van der Waals surface area contributed by atoms with Crippen LogP contribution in [0.3, 0.4) is 0 Å². The highest BCUT2D eigenvalue weighted by Gasteiger charge is 2.36. The van der Waals surface area contributed by atoms with Crippen LogP contribution in [-0.4, -0.2) is 28.2 Å². The number of carbonyl (C=O) groups excluding carboxylic acids is 2. The van der Waals surface area contributed by atoms with Gasteiger partial charge in [0.05, 0.1) is 6.42 Å². The zero-order chi connectivity index (χ0) is 10.2. The summed E-state index contributed by atoms with van der Waals surface area (Å²) in [5.41, 5.74) is -0.169. The van der Waals surface area contributed by atoms with E-state index in [4.69, 9.17) is 0 Å². The molecule has 1 fully saturated rings. The molecule has 1 atom stereocenters. The number of Topliss-reactive ketones (excluding diaryl/α,β-unsaturated/α-hetero) is 1. The van der Waals surface area contributed by atoms with Gasteiger partial charge in [0.2, 0.25) is 5.91 Å². The summed E-state index contributed by atoms with van der Waals surface area (Å²) in [5, 5.41) is 0. The summed E-state index contributed by atoms with van der Waals surface area (Å²) in [6.45, 7) is 7.92. The number of hydrogen-bond acceptors (Lipinski definition) is 2. The molecule has 0 aromatic carbocycles. The van der Waals surface area contributed by atoms with Crippen molar-refractivity contribution in [2.75, 3.05) is 0 Å². The van der Waals surface area contributed by atoms with E-state index in [0.29, 0.717) is 6.42 Å². The van der Waals surface area contributed by atoms with Gasteiger partial charge < -0.3 is 4.90 Å². The lowest BCUT2D eigenvalue weighted by Gasteiger charge is -2.42. The van der Waals surface area contributed by atoms with Crippen molar-refractivity contribution in [1.29, 1.82) is 0 Å². The highest BCUT2D eigenvalue weighted by Crippen LogP contribution is 2.24. The van der Waals surface area contributed by atoms with Crippen LogP contribution in [0.5, 0.6) is 0 Å². The molecule has 0 saturated carbocycles. The minimum atomic E-state index is -0.169. The predicted octanol–water partition coefficient (Wildman–Crippen LogP) is 1.36. The van der Waals surface area contributed by atoms with Gasteiger partial charge in [-0.25, -0.2) is 0 Å². The van der Waals surface area contributed by atoms with E-state index in [-0.39, 0.29) is 29.7 Å². The Morgan fingerprint density at radius 1 is 1.31 bits per heavy atom. The Labute approximate surface area is 79.1 Å². The third-order valence-electron chi connectivity index (χ3n) is 2.30. The standard InChI is InChI=1S/C10H17NO2/c1-7-5-8(12)6-9(13)11(7)10(2,3)4/h7H,5-6H2,1-4H3. The highest BCUT2D eigenvalue weighted by molar-refractivity contribution is 6.00. The molecular formula is C10H17NO2. The second-order valence-electron chi connectivity index (χ2n) is 4.70. The van der Waals surface area contributed by atoms with Crippen molar-refractivity contribution in [2.24, 2.45) is 0 Å². The summed E-state index contributed by atoms with van der Waals surface area (Å²) in [5.74, 6) is 0.0363. The minimum Gasteiger partial charge on any atom is -0.334 e. The van der Waals surface area contributed by atoms with Crippen LogP contribution < -0.4 is 0 Å². The first-order valence-electron chi connectivity index (χ1n) is 4.66. The molecule has 1 aliphatic heterocycles. The zero-order valence-corrected chi connectivity index (χ0v) is 8.76. The average molecular weight is 183 g/mol. The second-order valence-corrected chi connectivity index (χ2v) is 4.70. The van der Waals surface area contributed by atoms with Gasteiger partial charge in [-0.2, -0.15) is 0 Å². The quantitative estimate of drug-likeness (QED) is 0.532. The Balaban J connectivity index is 2.85. The third-order valence-corrected chi connectivity index (χ3v) is 2.30. The molecule has 0 bridgehead atoms. The van der Waals surface area contributed by atoms with Gasteiger partial charge >= 0.3 is 0 Å². The largest absolute Gasteiger partial charge is 0.334 e. The van der Waals surface area contributed by atoms with Crippen molar-refractivity contribution in [3.05, 3.63) is 0 Å². The molecule has 13 heavy (non-hydrogen) atoms. The molecule has 0 N–H and O–H groups in total. The molecule has 0 radical (unpaired) electrons. The molecule has 1 unspecified atom stereocenters. The molecule has 1 aliphatic rings. The van der Waals surface area contributed by atoms with Crippen molar-refractivity contribution in [3.8, 4) is 0 Å². The Bertz CT molecular complexity index is 240. The SMILES string of the molecule is CC1CC(=O)CC(=O)N1C(C)(C)C. The molecule has 1 rings (SSSR count). The molecule has 0 aromatic rings. The van der Waals surface area contributed by atoms with E-state index < -0.39 is 0 Å². The monoisotopic (exact) mass is 183 g/mol. The number of rotatable bonds is 0. The topological polar surface area (TPSA) is 37.4 Å². The first-order valence-corrected chi connectivity index (χ1v) is 4.66. The summed E-state index contributed by atoms with van der Waals surface area (Å²) in [7, 11) is 0. The number of carbonyl (C=O) groups is 2. The van der Waals surface area contributed by atoms with E-state index in [9.17, 15) is 9.59 Å². The number of piperidine rings is 1. The molecule has 0 aromatic heterocycles. The van der Waals surface area contributed by atoms with Gasteiger partial charge in [-0.1, -0.05) is 0 Å². The van der Waals surface area contributed by atoms with Gasteiger partial charge in [-0.05, 0) is 27.7 Å². The number of likely N-dealkylation sites (tertiary alicyclic amines) is 1. The number of nitrogens with zero attached hydrogens (tertiary/aromatic N) is 1. The van der Waals surface area contributed by atoms with Gasteiger partial charge in [0, 0.05) is 18.0 Å². The Hall–Kier alpha value is -0.860. The Morgan fingerprint density at radius 3 is 2.23 bits per heavy atom. The van der Waals surface area contributed by atoms with Gasteiger partial charge in [0.1, 0.15) is 5.78 Å². The fourth-order valence-electron chi connectivity index (χ4n) is 2.03. The summed E-state index contributed by atoms with van der Waals surface area (Å²) in [6, 6.07) is 0.0498. The van der Waals surface area contributed by atoms with Crippen molar-refractivity contribution >= 4 is 11.7 Å². The number of amides is 1. The van der Waals surface area contributed by atoms with Crippen LogP contribution in [0.25, 0.3) is 0 Å². The molecular weight excluding hydrogens is 166 g/mol. The van der Waals surface area contributed by atoms with Crippen molar-refractivity contribution < 1.29 is 9.59 Å². The summed E-state index contributed by atoms with van der Waals surface area (Å²) < 4.78 is 0. The van der Waals surface area contributed by atoms with E-state index in [1.807, 2.05) is 32.6 Å². The smallest absolute Gasteiger partial charge is 0.230 e. The highest BCUT2D eigenvalue weighted by atomic mass is 16.2. The van der Waals surface area contributed by atoms with Gasteiger partial charge in [0.15, 0.2) is 0 Å². The van der Waals surface area contributed by atoms with Crippen molar-refractivity contribution in [2.45, 2.75) is 52.1 Å². The number of hydrogen-bond donors (Lipinski definition) is 0. The Morgan fingerprint density at radius 2 is 1.85 bits per heavy atom. The fraction of sp³-hybridized carbons (Fsp3) is 0.800. The van der Waals surface area contributed by atoms with Crippen LogP contribution in [0.4, 0.5) is 0 Å². The second kappa shape index (κ2) is 3.13. The molecule has 1 amide bonds. The van der Waals surface area contributed by atoms with Crippen LogP contribution in [-0.2, 0) is 9.59 Å². The lowest BCUT2D eigenvalue weighted by molar-refractivity contribution is -0.147. The summed E-state index contributed by atoms with van der Waals surface area (Å²) >= 11 is 0. The lowest BCUT2D eigenvalue weighted by atomic mass is 9.94. The van der Waals surface area contributed by atoms with Crippen molar-refractivity contribution in [3.63, 3.8) is 0 Å². The molecule has 3 heteroatoms.